The molecule has 182 valence electrons. The topological polar surface area (TPSA) is 103 Å². The van der Waals surface area contributed by atoms with Crippen LogP contribution in [0.3, 0.4) is 0 Å². The molecule has 1 amide bonds. The van der Waals surface area contributed by atoms with Crippen molar-refractivity contribution in [3.8, 4) is 0 Å². The van der Waals surface area contributed by atoms with Crippen molar-refractivity contribution in [2.75, 3.05) is 44.3 Å². The monoisotopic (exact) mass is 470 g/mol. The van der Waals surface area contributed by atoms with Gasteiger partial charge in [-0.3, -0.25) is 19.5 Å². The number of halogens is 1. The normalized spacial score (nSPS) is 23.6. The number of aromatic amines is 1. The molecule has 9 nitrogen and oxygen atoms in total. The predicted octanol–water partition coefficient (Wildman–Crippen LogP) is 1.45. The highest BCUT2D eigenvalue weighted by Gasteiger charge is 2.33. The van der Waals surface area contributed by atoms with Crippen molar-refractivity contribution in [1.29, 1.82) is 0 Å². The van der Waals surface area contributed by atoms with Crippen LogP contribution in [-0.4, -0.2) is 77.2 Å². The number of aryl methyl sites for hydroxylation is 1. The van der Waals surface area contributed by atoms with E-state index in [1.807, 2.05) is 18.0 Å². The van der Waals surface area contributed by atoms with E-state index in [0.29, 0.717) is 56.1 Å². The average Bonchev–Trinajstić information content (AvgIpc) is 3.32. The number of anilines is 1. The molecule has 10 heteroatoms. The first-order valence-electron chi connectivity index (χ1n) is 12.1. The summed E-state index contributed by atoms with van der Waals surface area (Å²) < 4.78 is 19.8. The molecule has 2 N–H and O–H groups in total. The average molecular weight is 471 g/mol. The van der Waals surface area contributed by atoms with Crippen molar-refractivity contribution in [2.45, 2.75) is 50.6 Å². The molecule has 4 heterocycles. The van der Waals surface area contributed by atoms with E-state index in [1.54, 1.807) is 12.1 Å². The van der Waals surface area contributed by atoms with E-state index in [2.05, 4.69) is 25.2 Å². The lowest BCUT2D eigenvalue weighted by molar-refractivity contribution is -0.00356. The zero-order chi connectivity index (χ0) is 23.7. The Bertz CT molecular complexity index is 1100. The highest BCUT2D eigenvalue weighted by molar-refractivity contribution is 5.92. The molecule has 0 bridgehead atoms. The Morgan fingerprint density at radius 1 is 1.24 bits per heavy atom. The molecule has 5 rings (SSSR count). The van der Waals surface area contributed by atoms with Crippen LogP contribution in [0.2, 0.25) is 0 Å². The summed E-state index contributed by atoms with van der Waals surface area (Å²) in [4.78, 5) is 40.1. The molecular weight excluding hydrogens is 439 g/mol. The van der Waals surface area contributed by atoms with Crippen molar-refractivity contribution in [2.24, 2.45) is 0 Å². The number of piperazine rings is 1. The molecule has 3 fully saturated rings. The molecule has 2 aliphatic heterocycles. The number of hydrogen-bond donors (Lipinski definition) is 2. The predicted molar refractivity (Wildman–Crippen MR) is 125 cm³/mol. The number of hydrogen-bond acceptors (Lipinski definition) is 7. The van der Waals surface area contributed by atoms with E-state index in [4.69, 9.17) is 4.74 Å². The molecule has 2 saturated heterocycles. The van der Waals surface area contributed by atoms with Gasteiger partial charge in [-0.15, -0.1) is 0 Å². The van der Waals surface area contributed by atoms with Crippen LogP contribution < -0.4 is 15.8 Å². The van der Waals surface area contributed by atoms with Gasteiger partial charge in [-0.2, -0.15) is 4.39 Å². The number of ether oxygens (including phenoxy) is 1. The van der Waals surface area contributed by atoms with Crippen molar-refractivity contribution in [3.05, 3.63) is 51.7 Å². The molecule has 34 heavy (non-hydrogen) atoms. The maximum Gasteiger partial charge on any atom is 0.270 e. The fraction of sp³-hybridized carbons (Fsp3) is 0.583. The van der Waals surface area contributed by atoms with Crippen molar-refractivity contribution < 1.29 is 13.9 Å². The van der Waals surface area contributed by atoms with E-state index >= 15 is 0 Å². The third-order valence-corrected chi connectivity index (χ3v) is 7.27. The number of H-pyrrole nitrogens is 1. The van der Waals surface area contributed by atoms with Crippen LogP contribution in [-0.2, 0) is 11.2 Å². The quantitative estimate of drug-likeness (QED) is 0.616. The van der Waals surface area contributed by atoms with Gasteiger partial charge in [-0.1, -0.05) is 6.92 Å². The van der Waals surface area contributed by atoms with Gasteiger partial charge in [-0.05, 0) is 37.8 Å². The number of nitrogens with one attached hydrogen (secondary N) is 2. The summed E-state index contributed by atoms with van der Waals surface area (Å²) in [6.07, 6.45) is 5.56. The Balaban J connectivity index is 1.15. The van der Waals surface area contributed by atoms with Crippen LogP contribution in [0.4, 0.5) is 10.1 Å². The zero-order valence-electron chi connectivity index (χ0n) is 19.4. The van der Waals surface area contributed by atoms with E-state index in [1.165, 1.54) is 0 Å². The lowest BCUT2D eigenvalue weighted by Crippen LogP contribution is -2.50. The van der Waals surface area contributed by atoms with Gasteiger partial charge >= 0.3 is 0 Å². The smallest absolute Gasteiger partial charge is 0.270 e. The summed E-state index contributed by atoms with van der Waals surface area (Å²) in [6, 6.07) is 3.66. The van der Waals surface area contributed by atoms with Gasteiger partial charge in [0.1, 0.15) is 11.4 Å². The second kappa shape index (κ2) is 9.79. The maximum absolute atomic E-state index is 14.7. The first kappa shape index (κ1) is 22.9. The van der Waals surface area contributed by atoms with Crippen LogP contribution in [0.5, 0.6) is 0 Å². The number of rotatable bonds is 6. The Kier molecular flexibility index (Phi) is 6.60. The van der Waals surface area contributed by atoms with Gasteiger partial charge in [0, 0.05) is 50.0 Å². The van der Waals surface area contributed by atoms with E-state index in [9.17, 15) is 14.0 Å². The first-order valence-corrected chi connectivity index (χ1v) is 12.1. The summed E-state index contributed by atoms with van der Waals surface area (Å²) >= 11 is 0. The largest absolute Gasteiger partial charge is 0.377 e. The fourth-order valence-corrected chi connectivity index (χ4v) is 5.17. The summed E-state index contributed by atoms with van der Waals surface area (Å²) in [5.74, 6) is -0.667. The molecule has 0 radical (unpaired) electrons. The molecule has 3 aliphatic rings. The number of pyridine rings is 1. The van der Waals surface area contributed by atoms with Crippen LogP contribution in [0.15, 0.2) is 23.1 Å². The maximum atomic E-state index is 14.7. The summed E-state index contributed by atoms with van der Waals surface area (Å²) in [6.45, 7) is 5.98. The van der Waals surface area contributed by atoms with Gasteiger partial charge in [-0.25, -0.2) is 4.98 Å². The highest BCUT2D eigenvalue weighted by Crippen LogP contribution is 2.36. The van der Waals surface area contributed by atoms with Gasteiger partial charge in [0.15, 0.2) is 0 Å². The third kappa shape index (κ3) is 4.69. The Morgan fingerprint density at radius 3 is 2.68 bits per heavy atom. The van der Waals surface area contributed by atoms with Crippen LogP contribution >= 0.6 is 0 Å². The number of aromatic nitrogens is 3. The standard InChI is InChI=1S/C24H31FN6O3/c1-2-18-23(32)29-20(12-26-18)15-3-4-17(11-15)30-7-9-31(10-8-30)21-6-5-19(28-22(21)25)24(33)27-16-13-34-14-16/h5-6,12,15-17H,2-4,7-11,13-14H2,1H3,(H,27,33)(H,29,32). The fourth-order valence-electron chi connectivity index (χ4n) is 5.17. The van der Waals surface area contributed by atoms with Gasteiger partial charge < -0.3 is 19.9 Å². The van der Waals surface area contributed by atoms with Crippen LogP contribution in [0.1, 0.15) is 54.0 Å². The Labute approximate surface area is 197 Å². The molecule has 2 aromatic heterocycles. The minimum Gasteiger partial charge on any atom is -0.377 e. The molecule has 1 aliphatic carbocycles. The third-order valence-electron chi connectivity index (χ3n) is 7.27. The van der Waals surface area contributed by atoms with Gasteiger partial charge in [0.2, 0.25) is 5.95 Å². The lowest BCUT2D eigenvalue weighted by atomic mass is 10.0. The van der Waals surface area contributed by atoms with E-state index in [-0.39, 0.29) is 23.2 Å². The van der Waals surface area contributed by atoms with Crippen molar-refractivity contribution in [1.82, 2.24) is 25.2 Å². The summed E-state index contributed by atoms with van der Waals surface area (Å²) in [7, 11) is 0. The van der Waals surface area contributed by atoms with Gasteiger partial charge in [0.25, 0.3) is 11.5 Å². The summed E-state index contributed by atoms with van der Waals surface area (Å²) in [5.41, 5.74) is 1.96. The number of carbonyl (C=O) groups excluding carboxylic acids is 1. The SMILES string of the molecule is CCc1ncc(C2CCC(N3CCN(c4ccc(C(=O)NC5COC5)nc4F)CC3)C2)[nH]c1=O. The second-order valence-electron chi connectivity index (χ2n) is 9.37. The van der Waals surface area contributed by atoms with Crippen molar-refractivity contribution >= 4 is 11.6 Å². The van der Waals surface area contributed by atoms with Crippen LogP contribution in [0, 0.1) is 5.95 Å². The van der Waals surface area contributed by atoms with Crippen molar-refractivity contribution in [3.63, 3.8) is 0 Å². The minimum atomic E-state index is -0.612. The molecule has 2 aromatic rings. The molecule has 1 saturated carbocycles. The Morgan fingerprint density at radius 2 is 2.03 bits per heavy atom. The highest BCUT2D eigenvalue weighted by atomic mass is 19.1. The molecular formula is C24H31FN6O3. The molecule has 0 aromatic carbocycles. The second-order valence-corrected chi connectivity index (χ2v) is 9.37. The van der Waals surface area contributed by atoms with Crippen LogP contribution in [0.25, 0.3) is 0 Å². The molecule has 0 spiro atoms. The van der Waals surface area contributed by atoms with E-state index in [0.717, 1.165) is 38.0 Å². The first-order chi connectivity index (χ1) is 16.5. The minimum absolute atomic E-state index is 0.0208. The zero-order valence-corrected chi connectivity index (χ0v) is 19.4. The molecule has 2 atom stereocenters. The Hall–Kier alpha value is -2.85. The number of nitrogens with zero attached hydrogens (tertiary/aromatic N) is 4. The molecule has 2 unspecified atom stereocenters. The number of carbonyl (C=O) groups is 1. The lowest BCUT2D eigenvalue weighted by Gasteiger charge is -2.39. The number of amides is 1. The van der Waals surface area contributed by atoms with Gasteiger partial charge in [0.05, 0.1) is 24.9 Å². The van der Waals surface area contributed by atoms with E-state index < -0.39 is 5.95 Å². The summed E-state index contributed by atoms with van der Waals surface area (Å²) in [5, 5.41) is 2.78.